The van der Waals surface area contributed by atoms with Crippen LogP contribution >= 0.6 is 0 Å². The lowest BCUT2D eigenvalue weighted by Crippen LogP contribution is -2.46. The Balaban J connectivity index is 1.33. The van der Waals surface area contributed by atoms with E-state index in [1.54, 1.807) is 25.4 Å². The molecule has 1 saturated heterocycles. The number of nitrogens with zero attached hydrogens (tertiary/aromatic N) is 4. The first-order valence-electron chi connectivity index (χ1n) is 10.7. The Kier molecular flexibility index (Phi) is 6.58. The molecule has 2 fully saturated rings. The van der Waals surface area contributed by atoms with Crippen LogP contribution in [0.25, 0.3) is 0 Å². The van der Waals surface area contributed by atoms with E-state index in [4.69, 9.17) is 0 Å². The van der Waals surface area contributed by atoms with Crippen LogP contribution < -0.4 is 19.7 Å². The molecule has 0 aromatic carbocycles. The molecule has 1 aliphatic carbocycles. The molecule has 32 heavy (non-hydrogen) atoms. The van der Waals surface area contributed by atoms with Crippen molar-refractivity contribution in [2.24, 2.45) is 0 Å². The average Bonchev–Trinajstić information content (AvgIpc) is 3.57. The molecule has 0 radical (unpaired) electrons. The molecule has 0 atom stereocenters. The lowest BCUT2D eigenvalue weighted by Gasteiger charge is -2.36. The van der Waals surface area contributed by atoms with Gasteiger partial charge in [-0.05, 0) is 49.6 Å². The Morgan fingerprint density at radius 2 is 1.91 bits per heavy atom. The molecule has 1 amide bonds. The number of anilines is 2. The van der Waals surface area contributed by atoms with E-state index in [1.807, 2.05) is 19.1 Å². The summed E-state index contributed by atoms with van der Waals surface area (Å²) in [5.74, 6) is 0.138. The van der Waals surface area contributed by atoms with Crippen LogP contribution in [-0.4, -0.2) is 68.5 Å². The highest BCUT2D eigenvalue weighted by atomic mass is 32.2. The topological polar surface area (TPSA) is 120 Å². The molecule has 2 aliphatic rings. The van der Waals surface area contributed by atoms with E-state index in [-0.39, 0.29) is 11.9 Å². The molecule has 2 aromatic heterocycles. The van der Waals surface area contributed by atoms with Gasteiger partial charge in [-0.15, -0.1) is 0 Å². The van der Waals surface area contributed by atoms with E-state index in [0.29, 0.717) is 18.1 Å². The predicted octanol–water partition coefficient (Wildman–Crippen LogP) is 0.876. The quantitative estimate of drug-likeness (QED) is 0.536. The van der Waals surface area contributed by atoms with Crippen molar-refractivity contribution in [1.29, 1.82) is 0 Å². The van der Waals surface area contributed by atoms with Crippen molar-refractivity contribution in [2.75, 3.05) is 42.8 Å². The first-order chi connectivity index (χ1) is 15.3. The minimum Gasteiger partial charge on any atom is -0.368 e. The Labute approximate surface area is 188 Å². The first-order valence-corrected chi connectivity index (χ1v) is 12.2. The van der Waals surface area contributed by atoms with E-state index < -0.39 is 10.2 Å². The molecule has 3 heterocycles. The Morgan fingerprint density at radius 3 is 2.56 bits per heavy atom. The van der Waals surface area contributed by atoms with Gasteiger partial charge in [-0.1, -0.05) is 0 Å². The summed E-state index contributed by atoms with van der Waals surface area (Å²) in [4.78, 5) is 25.0. The molecule has 1 saturated carbocycles. The largest absolute Gasteiger partial charge is 0.368 e. The summed E-state index contributed by atoms with van der Waals surface area (Å²) in [6, 6.07) is 7.45. The third kappa shape index (κ3) is 5.72. The Bertz CT molecular complexity index is 1080. The Hall–Kier alpha value is -2.76. The number of piperazine rings is 1. The van der Waals surface area contributed by atoms with Crippen LogP contribution in [0.2, 0.25) is 0 Å². The van der Waals surface area contributed by atoms with Crippen LogP contribution in [-0.2, 0) is 16.8 Å². The van der Waals surface area contributed by atoms with Gasteiger partial charge in [0.15, 0.2) is 0 Å². The number of pyridine rings is 2. The van der Waals surface area contributed by atoms with E-state index in [1.165, 1.54) is 0 Å². The van der Waals surface area contributed by atoms with Crippen molar-refractivity contribution < 1.29 is 13.2 Å². The zero-order valence-electron chi connectivity index (χ0n) is 18.3. The van der Waals surface area contributed by atoms with Crippen LogP contribution in [0.1, 0.15) is 34.6 Å². The molecule has 0 unspecified atom stereocenters. The van der Waals surface area contributed by atoms with Crippen molar-refractivity contribution in [1.82, 2.24) is 24.9 Å². The summed E-state index contributed by atoms with van der Waals surface area (Å²) >= 11 is 0. The molecular formula is C21H29N7O3S. The second-order valence-corrected chi connectivity index (χ2v) is 9.64. The molecule has 0 spiro atoms. The fourth-order valence-corrected chi connectivity index (χ4v) is 4.88. The van der Waals surface area contributed by atoms with Gasteiger partial charge in [-0.2, -0.15) is 13.1 Å². The molecule has 0 bridgehead atoms. The second-order valence-electron chi connectivity index (χ2n) is 8.19. The fraction of sp³-hybridized carbons (Fsp3) is 0.476. The molecule has 11 heteroatoms. The fourth-order valence-electron chi connectivity index (χ4n) is 3.76. The highest BCUT2D eigenvalue weighted by Crippen LogP contribution is 2.22. The number of rotatable bonds is 8. The summed E-state index contributed by atoms with van der Waals surface area (Å²) in [6.07, 6.45) is 3.39. The first kappa shape index (κ1) is 22.4. The lowest BCUT2D eigenvalue weighted by atomic mass is 10.2. The number of carbonyl (C=O) groups is 1. The van der Waals surface area contributed by atoms with E-state index >= 15 is 0 Å². The van der Waals surface area contributed by atoms with Crippen molar-refractivity contribution in [3.63, 3.8) is 0 Å². The van der Waals surface area contributed by atoms with Gasteiger partial charge in [0, 0.05) is 52.0 Å². The maximum atomic E-state index is 12.1. The predicted molar refractivity (Wildman–Crippen MR) is 123 cm³/mol. The van der Waals surface area contributed by atoms with Gasteiger partial charge in [0.2, 0.25) is 0 Å². The number of hydrogen-bond donors (Lipinski definition) is 3. The summed E-state index contributed by atoms with van der Waals surface area (Å²) < 4.78 is 29.3. The molecular weight excluding hydrogens is 430 g/mol. The summed E-state index contributed by atoms with van der Waals surface area (Å²) in [6.45, 7) is 6.06. The summed E-state index contributed by atoms with van der Waals surface area (Å²) in [5, 5.41) is 2.60. The maximum absolute atomic E-state index is 12.1. The Morgan fingerprint density at radius 1 is 1.16 bits per heavy atom. The molecule has 10 nitrogen and oxygen atoms in total. The second kappa shape index (κ2) is 9.39. The van der Waals surface area contributed by atoms with Crippen LogP contribution in [0.3, 0.4) is 0 Å². The minimum atomic E-state index is -3.59. The van der Waals surface area contributed by atoms with Gasteiger partial charge in [0.1, 0.15) is 11.5 Å². The van der Waals surface area contributed by atoms with Gasteiger partial charge in [-0.3, -0.25) is 14.4 Å². The number of aryl methyl sites for hydroxylation is 1. The highest BCUT2D eigenvalue weighted by molar-refractivity contribution is 7.90. The number of hydrogen-bond acceptors (Lipinski definition) is 7. The molecule has 3 N–H and O–H groups in total. The van der Waals surface area contributed by atoms with Crippen molar-refractivity contribution in [2.45, 2.75) is 32.4 Å². The monoisotopic (exact) mass is 459 g/mol. The number of carbonyl (C=O) groups excluding carboxylic acids is 1. The van der Waals surface area contributed by atoms with Gasteiger partial charge in [0.25, 0.3) is 5.91 Å². The van der Waals surface area contributed by atoms with Crippen molar-refractivity contribution >= 4 is 27.6 Å². The highest BCUT2D eigenvalue weighted by Gasteiger charge is 2.27. The zero-order chi connectivity index (χ0) is 22.7. The molecule has 172 valence electrons. The van der Waals surface area contributed by atoms with E-state index in [0.717, 1.165) is 56.0 Å². The number of nitrogens with one attached hydrogen (secondary N) is 3. The third-order valence-corrected chi connectivity index (χ3v) is 6.72. The van der Waals surface area contributed by atoms with Crippen LogP contribution in [0, 0.1) is 6.92 Å². The van der Waals surface area contributed by atoms with Gasteiger partial charge in [-0.25, -0.2) is 9.97 Å². The van der Waals surface area contributed by atoms with Gasteiger partial charge in [0.05, 0.1) is 11.4 Å². The van der Waals surface area contributed by atoms with Gasteiger partial charge < -0.3 is 10.2 Å². The van der Waals surface area contributed by atoms with Crippen LogP contribution in [0.15, 0.2) is 30.5 Å². The van der Waals surface area contributed by atoms with Crippen LogP contribution in [0.4, 0.5) is 11.5 Å². The summed E-state index contributed by atoms with van der Waals surface area (Å²) in [5.41, 5.74) is 3.31. The zero-order valence-corrected chi connectivity index (χ0v) is 19.2. The number of aromatic nitrogens is 2. The minimum absolute atomic E-state index is 0.0471. The summed E-state index contributed by atoms with van der Waals surface area (Å²) in [7, 11) is -1.99. The SMILES string of the molecule is CNC(=O)c1ccc(N2CCN(Cc3ccnc(NS(=O)(=O)NC4CC4)c3)CC2)c(C)n1. The standard InChI is InChI=1S/C21H29N7O3S/c1-15-19(6-5-18(24-15)21(29)22-2)28-11-9-27(10-12-28)14-16-7-8-23-20(13-16)26-32(30,31)25-17-3-4-17/h5-8,13,17,25H,3-4,9-12,14H2,1-2H3,(H,22,29)(H,23,26). The normalized spacial score (nSPS) is 17.2. The van der Waals surface area contributed by atoms with Crippen molar-refractivity contribution in [3.8, 4) is 0 Å². The van der Waals surface area contributed by atoms with E-state index in [9.17, 15) is 13.2 Å². The van der Waals surface area contributed by atoms with E-state index in [2.05, 4.69) is 34.5 Å². The maximum Gasteiger partial charge on any atom is 0.300 e. The van der Waals surface area contributed by atoms with Crippen molar-refractivity contribution in [3.05, 3.63) is 47.4 Å². The third-order valence-electron chi connectivity index (χ3n) is 5.60. The van der Waals surface area contributed by atoms with Crippen LogP contribution in [0.5, 0.6) is 0 Å². The van der Waals surface area contributed by atoms with Gasteiger partial charge >= 0.3 is 10.2 Å². The molecule has 4 rings (SSSR count). The lowest BCUT2D eigenvalue weighted by molar-refractivity contribution is 0.0958. The smallest absolute Gasteiger partial charge is 0.300 e. The number of amides is 1. The molecule has 1 aliphatic heterocycles. The molecule has 2 aromatic rings. The average molecular weight is 460 g/mol.